The summed E-state index contributed by atoms with van der Waals surface area (Å²) in [5, 5.41) is 19.6. The monoisotopic (exact) mass is 484 g/mol. The van der Waals surface area contributed by atoms with E-state index in [1.807, 2.05) is 0 Å². The zero-order chi connectivity index (χ0) is 21.4. The van der Waals surface area contributed by atoms with Crippen LogP contribution in [0.4, 0.5) is 10.1 Å². The van der Waals surface area contributed by atoms with Crippen molar-refractivity contribution in [3.63, 3.8) is 0 Å². The Morgan fingerprint density at radius 3 is 2.63 bits per heavy atom. The van der Waals surface area contributed by atoms with Crippen LogP contribution in [-0.4, -0.2) is 38.1 Å². The van der Waals surface area contributed by atoms with Crippen LogP contribution in [0.1, 0.15) is 16.5 Å². The summed E-state index contributed by atoms with van der Waals surface area (Å²) in [4.78, 5) is 24.9. The Morgan fingerprint density at radius 1 is 1.17 bits per heavy atom. The molecule has 1 saturated heterocycles. The Hall–Kier alpha value is -2.14. The minimum Gasteiger partial charge on any atom is -0.273 e. The fourth-order valence-corrected chi connectivity index (χ4v) is 5.68. The number of benzene rings is 2. The number of rotatable bonds is 3. The normalized spacial score (nSPS) is 19.0. The summed E-state index contributed by atoms with van der Waals surface area (Å²) in [5.41, 5.74) is 1.15. The maximum Gasteiger partial charge on any atom is 0.275 e. The molecule has 0 spiro atoms. The molecule has 4 rings (SSSR count). The van der Waals surface area contributed by atoms with Crippen molar-refractivity contribution in [2.24, 2.45) is 10.2 Å². The first-order valence-corrected chi connectivity index (χ1v) is 11.2. The summed E-state index contributed by atoms with van der Waals surface area (Å²) >= 11 is 14.4. The van der Waals surface area contributed by atoms with Crippen molar-refractivity contribution >= 4 is 69.2 Å². The molecule has 1 unspecified atom stereocenters. The molecule has 30 heavy (non-hydrogen) atoms. The Kier molecular flexibility index (Phi) is 6.01. The van der Waals surface area contributed by atoms with Crippen molar-refractivity contribution in [1.82, 2.24) is 4.90 Å². The zero-order valence-electron chi connectivity index (χ0n) is 14.9. The van der Waals surface area contributed by atoms with Crippen molar-refractivity contribution in [2.45, 2.75) is 5.37 Å². The van der Waals surface area contributed by atoms with Gasteiger partial charge in [-0.2, -0.15) is 5.10 Å². The lowest BCUT2D eigenvalue weighted by atomic mass is 10.1. The van der Waals surface area contributed by atoms with Crippen molar-refractivity contribution in [3.05, 3.63) is 73.5 Å². The lowest BCUT2D eigenvalue weighted by molar-refractivity contribution is -0.385. The van der Waals surface area contributed by atoms with Crippen LogP contribution in [0.3, 0.4) is 0 Å². The highest BCUT2D eigenvalue weighted by atomic mass is 35.5. The third-order valence-corrected chi connectivity index (χ3v) is 7.14. The number of nitro groups is 1. The van der Waals surface area contributed by atoms with Crippen LogP contribution < -0.4 is 0 Å². The smallest absolute Gasteiger partial charge is 0.273 e. The Labute approximate surface area is 188 Å². The molecule has 0 bridgehead atoms. The van der Waals surface area contributed by atoms with E-state index in [0.29, 0.717) is 22.0 Å². The van der Waals surface area contributed by atoms with Crippen LogP contribution >= 0.6 is 46.7 Å². The standard InChI is InChI=1S/C18H11Cl2FN4O3S2/c19-11-6-12(20)13(21)5-10(11)14-7-30-18(23-22-14)24-16(26)8-29-17(24)9-3-1-2-4-15(9)25(27)28/h1-6,17H,7-8H2. The molecule has 1 amide bonds. The number of amides is 1. The van der Waals surface area contributed by atoms with Gasteiger partial charge in [0.05, 0.1) is 32.0 Å². The number of hydrogen-bond acceptors (Lipinski definition) is 7. The molecular weight excluding hydrogens is 474 g/mol. The summed E-state index contributed by atoms with van der Waals surface area (Å²) in [6.45, 7) is 0. The molecular formula is C18H11Cl2FN4O3S2. The van der Waals surface area contributed by atoms with E-state index in [0.717, 1.165) is 0 Å². The van der Waals surface area contributed by atoms with E-state index in [1.165, 1.54) is 46.6 Å². The van der Waals surface area contributed by atoms with E-state index in [1.54, 1.807) is 18.2 Å². The summed E-state index contributed by atoms with van der Waals surface area (Å²) in [5.74, 6) is -0.386. The number of nitro benzene ring substituents is 1. The summed E-state index contributed by atoms with van der Waals surface area (Å²) < 4.78 is 13.8. The fourth-order valence-electron chi connectivity index (χ4n) is 3.01. The maximum atomic E-state index is 13.8. The first-order valence-electron chi connectivity index (χ1n) is 8.46. The van der Waals surface area contributed by atoms with Gasteiger partial charge in [-0.15, -0.1) is 16.9 Å². The van der Waals surface area contributed by atoms with Crippen molar-refractivity contribution in [3.8, 4) is 0 Å². The van der Waals surface area contributed by atoms with E-state index >= 15 is 0 Å². The van der Waals surface area contributed by atoms with Gasteiger partial charge in [0.15, 0.2) is 5.17 Å². The van der Waals surface area contributed by atoms with Crippen LogP contribution in [-0.2, 0) is 4.79 Å². The molecule has 0 N–H and O–H groups in total. The minimum atomic E-state index is -0.624. The van der Waals surface area contributed by atoms with Gasteiger partial charge in [0, 0.05) is 17.4 Å². The molecule has 1 fully saturated rings. The Bertz CT molecular complexity index is 1130. The zero-order valence-corrected chi connectivity index (χ0v) is 18.1. The van der Waals surface area contributed by atoms with E-state index in [2.05, 4.69) is 10.2 Å². The van der Waals surface area contributed by atoms with Gasteiger partial charge in [-0.25, -0.2) is 4.39 Å². The van der Waals surface area contributed by atoms with E-state index < -0.39 is 16.1 Å². The highest BCUT2D eigenvalue weighted by molar-refractivity contribution is 8.14. The molecule has 2 aliphatic rings. The van der Waals surface area contributed by atoms with Crippen molar-refractivity contribution in [1.29, 1.82) is 0 Å². The number of carbonyl (C=O) groups is 1. The number of para-hydroxylation sites is 1. The number of hydrogen-bond donors (Lipinski definition) is 0. The van der Waals surface area contributed by atoms with Crippen LogP contribution in [0, 0.1) is 15.9 Å². The van der Waals surface area contributed by atoms with Crippen LogP contribution in [0.5, 0.6) is 0 Å². The molecule has 2 heterocycles. The average Bonchev–Trinajstić information content (AvgIpc) is 3.12. The van der Waals surface area contributed by atoms with E-state index in [9.17, 15) is 19.3 Å². The molecule has 0 saturated carbocycles. The van der Waals surface area contributed by atoms with Gasteiger partial charge in [0.2, 0.25) is 5.91 Å². The number of carbonyl (C=O) groups excluding carboxylic acids is 1. The molecule has 0 aliphatic carbocycles. The summed E-state index contributed by atoms with van der Waals surface area (Å²) in [7, 11) is 0. The quantitative estimate of drug-likeness (QED) is 0.342. The topological polar surface area (TPSA) is 88.2 Å². The van der Waals surface area contributed by atoms with E-state index in [4.69, 9.17) is 23.2 Å². The second kappa shape index (κ2) is 8.54. The lowest BCUT2D eigenvalue weighted by Gasteiger charge is -2.25. The van der Waals surface area contributed by atoms with Gasteiger partial charge in [0.1, 0.15) is 11.2 Å². The molecule has 1 atom stereocenters. The Morgan fingerprint density at radius 2 is 1.93 bits per heavy atom. The lowest BCUT2D eigenvalue weighted by Crippen LogP contribution is -2.34. The summed E-state index contributed by atoms with van der Waals surface area (Å²) in [6, 6.07) is 8.78. The molecule has 2 aliphatic heterocycles. The fraction of sp³-hybridized carbons (Fsp3) is 0.167. The SMILES string of the molecule is O=C1CSC(c2ccccc2[N+](=O)[O-])N1C1=NN=C(c2cc(F)c(Cl)cc2Cl)CS1. The molecule has 0 radical (unpaired) electrons. The van der Waals surface area contributed by atoms with Gasteiger partial charge >= 0.3 is 0 Å². The highest BCUT2D eigenvalue weighted by Gasteiger charge is 2.40. The number of halogens is 3. The Balaban J connectivity index is 1.68. The van der Waals surface area contributed by atoms with Crippen LogP contribution in [0.2, 0.25) is 10.0 Å². The van der Waals surface area contributed by atoms with Gasteiger partial charge in [-0.1, -0.05) is 47.1 Å². The second-order valence-corrected chi connectivity index (χ2v) is 9.03. The molecule has 12 heteroatoms. The van der Waals surface area contributed by atoms with Crippen LogP contribution in [0.25, 0.3) is 0 Å². The highest BCUT2D eigenvalue weighted by Crippen LogP contribution is 2.44. The predicted octanol–water partition coefficient (Wildman–Crippen LogP) is 5.12. The minimum absolute atomic E-state index is 0.0660. The molecule has 2 aromatic carbocycles. The van der Waals surface area contributed by atoms with Crippen molar-refractivity contribution < 1.29 is 14.1 Å². The summed E-state index contributed by atoms with van der Waals surface area (Å²) in [6.07, 6.45) is 0. The average molecular weight is 485 g/mol. The third kappa shape index (κ3) is 3.92. The maximum absolute atomic E-state index is 13.8. The van der Waals surface area contributed by atoms with Gasteiger partial charge < -0.3 is 0 Å². The van der Waals surface area contributed by atoms with Gasteiger partial charge in [-0.05, 0) is 18.2 Å². The molecule has 0 aromatic heterocycles. The first-order chi connectivity index (χ1) is 14.4. The molecule has 2 aromatic rings. The number of nitrogens with zero attached hydrogens (tertiary/aromatic N) is 4. The van der Waals surface area contributed by atoms with Crippen molar-refractivity contribution in [2.75, 3.05) is 11.5 Å². The largest absolute Gasteiger partial charge is 0.275 e. The number of amidine groups is 1. The van der Waals surface area contributed by atoms with Gasteiger partial charge in [0.25, 0.3) is 5.69 Å². The molecule has 7 nitrogen and oxygen atoms in total. The first kappa shape index (κ1) is 21.1. The third-order valence-electron chi connectivity index (χ3n) is 4.39. The molecule has 154 valence electrons. The predicted molar refractivity (Wildman–Crippen MR) is 118 cm³/mol. The second-order valence-electron chi connectivity index (χ2n) is 6.21. The van der Waals surface area contributed by atoms with E-state index in [-0.39, 0.29) is 33.1 Å². The number of thioether (sulfide) groups is 2. The van der Waals surface area contributed by atoms with Crippen LogP contribution in [0.15, 0.2) is 46.6 Å². The van der Waals surface area contributed by atoms with Gasteiger partial charge in [-0.3, -0.25) is 19.8 Å².